The number of carbonyl (C=O) groups is 1. The van der Waals surface area contributed by atoms with Crippen molar-refractivity contribution in [3.8, 4) is 0 Å². The monoisotopic (exact) mass is 558 g/mol. The summed E-state index contributed by atoms with van der Waals surface area (Å²) in [7, 11) is 1.43. The molecule has 0 spiro atoms. The van der Waals surface area contributed by atoms with Crippen LogP contribution in [0.2, 0.25) is 0 Å². The van der Waals surface area contributed by atoms with E-state index in [1.165, 1.54) is 24.1 Å². The van der Waals surface area contributed by atoms with Crippen molar-refractivity contribution in [2.45, 2.75) is 25.8 Å². The normalized spacial score (nSPS) is 14.6. The fourth-order valence-corrected chi connectivity index (χ4v) is 4.11. The van der Waals surface area contributed by atoms with E-state index in [9.17, 15) is 14.9 Å². The third kappa shape index (κ3) is 7.46. The number of hydrogen-bond donors (Lipinski definition) is 1. The molecule has 31 heavy (non-hydrogen) atoms. The van der Waals surface area contributed by atoms with Gasteiger partial charge >= 0.3 is 5.97 Å². The van der Waals surface area contributed by atoms with Crippen LogP contribution in [0.15, 0.2) is 46.8 Å². The second-order valence-corrected chi connectivity index (χ2v) is 8.14. The smallest absolute Gasteiger partial charge is 0.308 e. The molecule has 0 amide bonds. The molecule has 0 bridgehead atoms. The van der Waals surface area contributed by atoms with Crippen molar-refractivity contribution in [3.05, 3.63) is 62.3 Å². The molecule has 1 aliphatic rings. The largest absolute Gasteiger partial charge is 0.469 e. The number of nitrogens with one attached hydrogen (secondary N) is 1. The zero-order valence-corrected chi connectivity index (χ0v) is 20.5. The Kier molecular flexibility index (Phi) is 10.2. The number of methoxy groups -OCH3 is 1. The summed E-state index contributed by atoms with van der Waals surface area (Å²) in [4.78, 5) is 30.4. The Morgan fingerprint density at radius 1 is 1.29 bits per heavy atom. The van der Waals surface area contributed by atoms with Gasteiger partial charge in [0.25, 0.3) is 5.69 Å². The maximum Gasteiger partial charge on any atom is 0.308 e. The maximum atomic E-state index is 11.8. The number of nitro benzene ring substituents is 1. The number of likely N-dealkylation sites (tertiary alicyclic amines) is 1. The van der Waals surface area contributed by atoms with Gasteiger partial charge in [0.1, 0.15) is 0 Å². The Morgan fingerprint density at radius 3 is 2.58 bits per heavy atom. The molecule has 0 radical (unpaired) electrons. The topological polar surface area (TPSA) is 97.1 Å². The number of guanidine groups is 1. The number of rotatable bonds is 7. The number of non-ortho nitro benzene ring substituents is 1. The highest BCUT2D eigenvalue weighted by atomic mass is 127. The Bertz CT molecular complexity index is 866. The van der Waals surface area contributed by atoms with Gasteiger partial charge in [-0.15, -0.1) is 35.3 Å². The van der Waals surface area contributed by atoms with Gasteiger partial charge in [0.2, 0.25) is 0 Å². The second kappa shape index (κ2) is 12.6. The average Bonchev–Trinajstić information content (AvgIpc) is 3.29. The number of benzene rings is 1. The number of nitrogens with zero attached hydrogens (tertiary/aromatic N) is 3. The number of esters is 1. The van der Waals surface area contributed by atoms with Gasteiger partial charge < -0.3 is 15.0 Å². The number of hydrogen-bond acceptors (Lipinski definition) is 6. The van der Waals surface area contributed by atoms with Crippen LogP contribution < -0.4 is 5.32 Å². The molecule has 1 aromatic carbocycles. The first kappa shape index (κ1) is 25.1. The zero-order chi connectivity index (χ0) is 21.3. The quantitative estimate of drug-likeness (QED) is 0.139. The minimum atomic E-state index is -0.407. The molecule has 2 heterocycles. The van der Waals surface area contributed by atoms with E-state index in [2.05, 4.69) is 21.7 Å². The predicted molar refractivity (Wildman–Crippen MR) is 132 cm³/mol. The molecule has 3 rings (SSSR count). The van der Waals surface area contributed by atoms with Gasteiger partial charge in [-0.3, -0.25) is 14.9 Å². The summed E-state index contributed by atoms with van der Waals surface area (Å²) >= 11 is 1.73. The van der Waals surface area contributed by atoms with E-state index in [-0.39, 0.29) is 41.6 Å². The SMILES string of the molecule is COC(=O)C1CCN(C(=NCc2ccc([N+](=O)[O-])cc2)NCCc2cccs2)CC1.I. The van der Waals surface area contributed by atoms with Gasteiger partial charge in [-0.25, -0.2) is 4.99 Å². The number of carbonyl (C=O) groups excluding carboxylic acids is 1. The van der Waals surface area contributed by atoms with Crippen molar-refractivity contribution in [2.24, 2.45) is 10.9 Å². The third-order valence-corrected chi connectivity index (χ3v) is 6.06. The van der Waals surface area contributed by atoms with Crippen LogP contribution in [-0.2, 0) is 22.5 Å². The minimum absolute atomic E-state index is 0. The van der Waals surface area contributed by atoms with Crippen molar-refractivity contribution in [1.82, 2.24) is 10.2 Å². The van der Waals surface area contributed by atoms with Gasteiger partial charge in [0.05, 0.1) is 24.5 Å². The van der Waals surface area contributed by atoms with Crippen LogP contribution in [0.4, 0.5) is 5.69 Å². The summed E-state index contributed by atoms with van der Waals surface area (Å²) in [6, 6.07) is 10.6. The maximum absolute atomic E-state index is 11.8. The Balaban J connectivity index is 0.00000341. The Morgan fingerprint density at radius 2 is 2.00 bits per heavy atom. The summed E-state index contributed by atoms with van der Waals surface area (Å²) in [6.45, 7) is 2.64. The minimum Gasteiger partial charge on any atom is -0.469 e. The summed E-state index contributed by atoms with van der Waals surface area (Å²) in [6.07, 6.45) is 2.37. The van der Waals surface area contributed by atoms with E-state index in [0.717, 1.165) is 50.4 Å². The molecule has 8 nitrogen and oxygen atoms in total. The molecule has 1 N–H and O–H groups in total. The lowest BCUT2D eigenvalue weighted by molar-refractivity contribution is -0.384. The Labute approximate surface area is 202 Å². The van der Waals surface area contributed by atoms with Crippen molar-refractivity contribution in [2.75, 3.05) is 26.7 Å². The number of ether oxygens (including phenoxy) is 1. The van der Waals surface area contributed by atoms with E-state index in [0.29, 0.717) is 6.54 Å². The number of thiophene rings is 1. The molecule has 2 aromatic rings. The number of aliphatic imine (C=N–C) groups is 1. The standard InChI is InChI=1S/C21H26N4O4S.HI/c1-29-20(26)17-9-12-24(13-10-17)21(22-11-8-19-3-2-14-30-19)23-15-16-4-6-18(7-5-16)25(27)28;/h2-7,14,17H,8-13,15H2,1H3,(H,22,23);1H. The molecule has 1 aromatic heterocycles. The van der Waals surface area contributed by atoms with Gasteiger partial charge in [-0.05, 0) is 36.3 Å². The van der Waals surface area contributed by atoms with Gasteiger partial charge in [-0.2, -0.15) is 0 Å². The third-order valence-electron chi connectivity index (χ3n) is 5.12. The van der Waals surface area contributed by atoms with Crippen LogP contribution in [-0.4, -0.2) is 48.5 Å². The van der Waals surface area contributed by atoms with Gasteiger partial charge in [-0.1, -0.05) is 18.2 Å². The van der Waals surface area contributed by atoms with Gasteiger partial charge in [0, 0.05) is 36.6 Å². The van der Waals surface area contributed by atoms with Crippen LogP contribution in [0.1, 0.15) is 23.3 Å². The first-order valence-corrected chi connectivity index (χ1v) is 10.8. The molecule has 0 atom stereocenters. The lowest BCUT2D eigenvalue weighted by Crippen LogP contribution is -2.47. The summed E-state index contributed by atoms with van der Waals surface area (Å²) in [5, 5.41) is 16.3. The van der Waals surface area contributed by atoms with Crippen molar-refractivity contribution < 1.29 is 14.5 Å². The molecule has 1 saturated heterocycles. The van der Waals surface area contributed by atoms with Crippen LogP contribution in [0.25, 0.3) is 0 Å². The predicted octanol–water partition coefficient (Wildman–Crippen LogP) is 3.85. The van der Waals surface area contributed by atoms with E-state index in [1.807, 2.05) is 6.07 Å². The number of piperidine rings is 1. The lowest BCUT2D eigenvalue weighted by Gasteiger charge is -2.33. The van der Waals surface area contributed by atoms with Crippen LogP contribution in [0.5, 0.6) is 0 Å². The second-order valence-electron chi connectivity index (χ2n) is 7.10. The molecule has 0 unspecified atom stereocenters. The first-order valence-electron chi connectivity index (χ1n) is 9.93. The highest BCUT2D eigenvalue weighted by molar-refractivity contribution is 14.0. The Hall–Kier alpha value is -2.21. The van der Waals surface area contributed by atoms with Crippen LogP contribution >= 0.6 is 35.3 Å². The summed E-state index contributed by atoms with van der Waals surface area (Å²) in [5.41, 5.74) is 0.976. The molecule has 1 aliphatic heterocycles. The average molecular weight is 558 g/mol. The first-order chi connectivity index (χ1) is 14.6. The molecule has 0 aliphatic carbocycles. The van der Waals surface area contributed by atoms with Crippen molar-refractivity contribution >= 4 is 52.9 Å². The number of nitro groups is 1. The van der Waals surface area contributed by atoms with Crippen molar-refractivity contribution in [1.29, 1.82) is 0 Å². The number of halogens is 1. The highest BCUT2D eigenvalue weighted by Gasteiger charge is 2.27. The van der Waals surface area contributed by atoms with E-state index in [4.69, 9.17) is 9.73 Å². The van der Waals surface area contributed by atoms with Gasteiger partial charge in [0.15, 0.2) is 5.96 Å². The van der Waals surface area contributed by atoms with E-state index in [1.54, 1.807) is 23.5 Å². The van der Waals surface area contributed by atoms with E-state index < -0.39 is 4.92 Å². The summed E-state index contributed by atoms with van der Waals surface area (Å²) < 4.78 is 4.87. The van der Waals surface area contributed by atoms with E-state index >= 15 is 0 Å². The van der Waals surface area contributed by atoms with Crippen molar-refractivity contribution in [3.63, 3.8) is 0 Å². The fourth-order valence-electron chi connectivity index (χ4n) is 3.40. The molecule has 0 saturated carbocycles. The molecular formula is C21H27IN4O4S. The zero-order valence-electron chi connectivity index (χ0n) is 17.4. The fraction of sp³-hybridized carbons (Fsp3) is 0.429. The lowest BCUT2D eigenvalue weighted by atomic mass is 9.97. The molecular weight excluding hydrogens is 531 g/mol. The van der Waals surface area contributed by atoms with Crippen LogP contribution in [0, 0.1) is 16.0 Å². The molecule has 10 heteroatoms. The summed E-state index contributed by atoms with van der Waals surface area (Å²) in [5.74, 6) is 0.589. The molecule has 168 valence electrons. The highest BCUT2D eigenvalue weighted by Crippen LogP contribution is 2.19. The van der Waals surface area contributed by atoms with Crippen LogP contribution in [0.3, 0.4) is 0 Å². The molecule has 1 fully saturated rings.